The number of hydrogen-bond acceptors (Lipinski definition) is 10. The van der Waals surface area contributed by atoms with Crippen molar-refractivity contribution in [2.24, 2.45) is 0 Å². The molecule has 0 aliphatic carbocycles. The van der Waals surface area contributed by atoms with Crippen LogP contribution in [0, 0.1) is 0 Å². The van der Waals surface area contributed by atoms with E-state index >= 15 is 0 Å². The minimum absolute atomic E-state index is 0.590. The molecule has 0 atom stereocenters. The zero-order valence-electron chi connectivity index (χ0n) is 17.1. The van der Waals surface area contributed by atoms with Gasteiger partial charge in [-0.05, 0) is 35.7 Å². The van der Waals surface area contributed by atoms with Gasteiger partial charge >= 0.3 is 0 Å². The maximum atomic E-state index is 5.80. The van der Waals surface area contributed by atoms with Crippen molar-refractivity contribution in [2.75, 3.05) is 33.3 Å². The highest BCUT2D eigenvalue weighted by molar-refractivity contribution is 7.13. The van der Waals surface area contributed by atoms with Gasteiger partial charge < -0.3 is 13.7 Å². The fraction of sp³-hybridized carbons (Fsp3) is 0.333. The lowest BCUT2D eigenvalue weighted by Crippen LogP contribution is -2.45. The van der Waals surface area contributed by atoms with Gasteiger partial charge in [-0.25, -0.2) is 0 Å². The van der Waals surface area contributed by atoms with E-state index in [4.69, 9.17) is 13.7 Å². The summed E-state index contributed by atoms with van der Waals surface area (Å²) in [5.74, 6) is 3.25. The van der Waals surface area contributed by atoms with Crippen molar-refractivity contribution in [1.29, 1.82) is 0 Å². The molecule has 1 aliphatic heterocycles. The van der Waals surface area contributed by atoms with Crippen molar-refractivity contribution < 1.29 is 13.7 Å². The Morgan fingerprint density at radius 3 is 2.39 bits per heavy atom. The highest BCUT2D eigenvalue weighted by atomic mass is 32.1. The molecule has 0 spiro atoms. The van der Waals surface area contributed by atoms with Crippen molar-refractivity contribution in [3.8, 4) is 27.9 Å². The van der Waals surface area contributed by atoms with Crippen LogP contribution in [-0.2, 0) is 13.1 Å². The molecule has 1 saturated heterocycles. The molecule has 9 nitrogen and oxygen atoms in total. The van der Waals surface area contributed by atoms with Crippen molar-refractivity contribution >= 4 is 11.3 Å². The van der Waals surface area contributed by atoms with Crippen LogP contribution < -0.4 is 4.74 Å². The lowest BCUT2D eigenvalue weighted by atomic mass is 10.2. The average molecular weight is 439 g/mol. The van der Waals surface area contributed by atoms with Crippen LogP contribution in [0.5, 0.6) is 5.75 Å². The molecule has 4 heterocycles. The Labute approximate surface area is 183 Å². The van der Waals surface area contributed by atoms with E-state index in [2.05, 4.69) is 30.1 Å². The Morgan fingerprint density at radius 1 is 0.968 bits per heavy atom. The number of methoxy groups -OCH3 is 1. The van der Waals surface area contributed by atoms with Crippen LogP contribution in [-0.4, -0.2) is 63.4 Å². The highest BCUT2D eigenvalue weighted by Gasteiger charge is 2.21. The van der Waals surface area contributed by atoms with Gasteiger partial charge in [-0.2, -0.15) is 4.98 Å². The minimum atomic E-state index is 0.590. The van der Waals surface area contributed by atoms with Gasteiger partial charge in [0.05, 0.1) is 25.1 Å². The fourth-order valence-corrected chi connectivity index (χ4v) is 4.13. The third-order valence-corrected chi connectivity index (χ3v) is 6.06. The summed E-state index contributed by atoms with van der Waals surface area (Å²) >= 11 is 1.60. The summed E-state index contributed by atoms with van der Waals surface area (Å²) < 4.78 is 16.5. The number of thiophene rings is 1. The molecule has 160 valence electrons. The predicted octanol–water partition coefficient (Wildman–Crippen LogP) is 3.17. The van der Waals surface area contributed by atoms with E-state index in [0.717, 1.165) is 42.4 Å². The maximum absolute atomic E-state index is 5.80. The Balaban J connectivity index is 1.12. The summed E-state index contributed by atoms with van der Waals surface area (Å²) in [7, 11) is 1.64. The van der Waals surface area contributed by atoms with Gasteiger partial charge in [0.2, 0.25) is 17.6 Å². The molecule has 3 aromatic heterocycles. The van der Waals surface area contributed by atoms with E-state index in [9.17, 15) is 0 Å². The van der Waals surface area contributed by atoms with Crippen molar-refractivity contribution in [2.45, 2.75) is 13.1 Å². The van der Waals surface area contributed by atoms with Crippen LogP contribution >= 0.6 is 11.3 Å². The molecular weight excluding hydrogens is 416 g/mol. The molecule has 10 heteroatoms. The number of hydrogen-bond donors (Lipinski definition) is 0. The number of rotatable bonds is 7. The SMILES string of the molecule is COc1ccc(-c2noc(CN3CCN(Cc4nnc(-c5cccs5)o4)CC3)n2)cc1. The summed E-state index contributed by atoms with van der Waals surface area (Å²) in [6.07, 6.45) is 0. The van der Waals surface area contributed by atoms with E-state index in [1.165, 1.54) is 0 Å². The summed E-state index contributed by atoms with van der Waals surface area (Å²) in [4.78, 5) is 10.2. The lowest BCUT2D eigenvalue weighted by molar-refractivity contribution is 0.106. The van der Waals surface area contributed by atoms with Gasteiger partial charge in [0.15, 0.2) is 0 Å². The summed E-state index contributed by atoms with van der Waals surface area (Å²) in [6.45, 7) is 4.94. The topological polar surface area (TPSA) is 93.6 Å². The maximum Gasteiger partial charge on any atom is 0.257 e. The van der Waals surface area contributed by atoms with Crippen molar-refractivity contribution in [3.05, 3.63) is 53.6 Å². The van der Waals surface area contributed by atoms with Crippen LogP contribution in [0.25, 0.3) is 22.2 Å². The summed E-state index contributed by atoms with van der Waals surface area (Å²) in [5.41, 5.74) is 0.905. The molecule has 1 fully saturated rings. The zero-order chi connectivity index (χ0) is 21.0. The molecule has 0 radical (unpaired) electrons. The standard InChI is InChI=1S/C21H22N6O3S/c1-28-16-6-4-15(5-7-16)20-22-18(30-25-20)13-26-8-10-27(11-9-26)14-19-23-24-21(29-19)17-3-2-12-31-17/h2-7,12H,8-11,13-14H2,1H3. The minimum Gasteiger partial charge on any atom is -0.497 e. The smallest absolute Gasteiger partial charge is 0.257 e. The molecule has 1 aromatic carbocycles. The van der Waals surface area contributed by atoms with Crippen LogP contribution in [0.4, 0.5) is 0 Å². The third-order valence-electron chi connectivity index (χ3n) is 5.20. The second-order valence-electron chi connectivity index (χ2n) is 7.27. The molecular formula is C21H22N6O3S. The molecule has 0 bridgehead atoms. The van der Waals surface area contributed by atoms with Gasteiger partial charge in [-0.15, -0.1) is 21.5 Å². The number of benzene rings is 1. The average Bonchev–Trinajstić information content (AvgIpc) is 3.57. The van der Waals surface area contributed by atoms with E-state index in [1.807, 2.05) is 41.8 Å². The Bertz CT molecular complexity index is 1100. The van der Waals surface area contributed by atoms with Crippen molar-refractivity contribution in [1.82, 2.24) is 30.1 Å². The quantitative estimate of drug-likeness (QED) is 0.431. The Kier molecular flexibility index (Phi) is 5.74. The van der Waals surface area contributed by atoms with E-state index in [0.29, 0.717) is 36.6 Å². The first-order valence-corrected chi connectivity index (χ1v) is 10.9. The van der Waals surface area contributed by atoms with Crippen LogP contribution in [0.15, 0.2) is 50.7 Å². The first kappa shape index (κ1) is 19.9. The van der Waals surface area contributed by atoms with Crippen LogP contribution in [0.3, 0.4) is 0 Å². The van der Waals surface area contributed by atoms with Gasteiger partial charge in [-0.1, -0.05) is 11.2 Å². The second-order valence-corrected chi connectivity index (χ2v) is 8.22. The first-order valence-electron chi connectivity index (χ1n) is 10.0. The van der Waals surface area contributed by atoms with E-state index < -0.39 is 0 Å². The number of ether oxygens (including phenoxy) is 1. The number of aromatic nitrogens is 4. The number of piperazine rings is 1. The van der Waals surface area contributed by atoms with E-state index in [-0.39, 0.29) is 0 Å². The molecule has 0 amide bonds. The highest BCUT2D eigenvalue weighted by Crippen LogP contribution is 2.24. The third kappa shape index (κ3) is 4.66. The molecule has 1 aliphatic rings. The van der Waals surface area contributed by atoms with Crippen LogP contribution in [0.1, 0.15) is 11.8 Å². The lowest BCUT2D eigenvalue weighted by Gasteiger charge is -2.32. The predicted molar refractivity (Wildman–Crippen MR) is 114 cm³/mol. The molecule has 31 heavy (non-hydrogen) atoms. The molecule has 4 aromatic rings. The summed E-state index contributed by atoms with van der Waals surface area (Å²) in [5, 5.41) is 14.5. The normalized spacial score (nSPS) is 15.4. The van der Waals surface area contributed by atoms with Gasteiger partial charge in [0.25, 0.3) is 5.89 Å². The molecule has 0 N–H and O–H groups in total. The summed E-state index contributed by atoms with van der Waals surface area (Å²) in [6, 6.07) is 11.6. The monoisotopic (exact) mass is 438 g/mol. The second kappa shape index (κ2) is 8.96. The molecule has 0 saturated carbocycles. The van der Waals surface area contributed by atoms with Crippen LogP contribution in [0.2, 0.25) is 0 Å². The fourth-order valence-electron chi connectivity index (χ4n) is 3.48. The Hall–Kier alpha value is -3.08. The van der Waals surface area contributed by atoms with Crippen molar-refractivity contribution in [3.63, 3.8) is 0 Å². The molecule has 5 rings (SSSR count). The van der Waals surface area contributed by atoms with Gasteiger partial charge in [0, 0.05) is 31.7 Å². The molecule has 0 unspecified atom stereocenters. The number of nitrogens with zero attached hydrogens (tertiary/aromatic N) is 6. The van der Waals surface area contributed by atoms with Gasteiger partial charge in [-0.3, -0.25) is 9.80 Å². The van der Waals surface area contributed by atoms with E-state index in [1.54, 1.807) is 18.4 Å². The zero-order valence-corrected chi connectivity index (χ0v) is 17.9. The largest absolute Gasteiger partial charge is 0.497 e. The van der Waals surface area contributed by atoms with Gasteiger partial charge in [0.1, 0.15) is 5.75 Å². The first-order chi connectivity index (χ1) is 15.3. The Morgan fingerprint density at radius 2 is 1.71 bits per heavy atom.